The van der Waals surface area contributed by atoms with Gasteiger partial charge in [-0.15, -0.1) is 11.3 Å². The summed E-state index contributed by atoms with van der Waals surface area (Å²) in [4.78, 5) is 1.45. The fourth-order valence-corrected chi connectivity index (χ4v) is 3.46. The monoisotopic (exact) mass is 223 g/mol. The Morgan fingerprint density at radius 3 is 2.73 bits per heavy atom. The maximum Gasteiger partial charge on any atom is 0.0203 e. The van der Waals surface area contributed by atoms with Gasteiger partial charge in [-0.05, 0) is 49.5 Å². The zero-order valence-electron chi connectivity index (χ0n) is 9.54. The van der Waals surface area contributed by atoms with E-state index in [0.29, 0.717) is 0 Å². The maximum atomic E-state index is 6.47. The second-order valence-corrected chi connectivity index (χ2v) is 6.00. The molecule has 15 heavy (non-hydrogen) atoms. The Labute approximate surface area is 96.7 Å². The number of nitrogens with two attached hydrogens (primary N) is 1. The lowest BCUT2D eigenvalue weighted by Crippen LogP contribution is -2.45. The molecule has 0 amide bonds. The van der Waals surface area contributed by atoms with Crippen molar-refractivity contribution in [3.8, 4) is 0 Å². The van der Waals surface area contributed by atoms with Gasteiger partial charge in [-0.1, -0.05) is 19.4 Å². The molecule has 0 aromatic carbocycles. The van der Waals surface area contributed by atoms with E-state index in [1.807, 2.05) is 11.3 Å². The van der Waals surface area contributed by atoms with Crippen molar-refractivity contribution >= 4 is 11.3 Å². The predicted octanol–water partition coefficient (Wildman–Crippen LogP) is 3.59. The van der Waals surface area contributed by atoms with Crippen molar-refractivity contribution in [1.29, 1.82) is 0 Å². The van der Waals surface area contributed by atoms with Crippen LogP contribution in [-0.2, 0) is 6.42 Å². The first kappa shape index (κ1) is 11.2. The van der Waals surface area contributed by atoms with Gasteiger partial charge in [-0.3, -0.25) is 0 Å². The lowest BCUT2D eigenvalue weighted by atomic mass is 9.74. The summed E-state index contributed by atoms with van der Waals surface area (Å²) in [6, 6.07) is 4.34. The summed E-state index contributed by atoms with van der Waals surface area (Å²) in [5.74, 6) is 0.935. The van der Waals surface area contributed by atoms with Crippen LogP contribution in [0.2, 0.25) is 0 Å². The van der Waals surface area contributed by atoms with E-state index in [4.69, 9.17) is 5.73 Å². The number of thiophene rings is 1. The first-order valence-corrected chi connectivity index (χ1v) is 6.91. The fourth-order valence-electron chi connectivity index (χ4n) is 2.60. The van der Waals surface area contributed by atoms with Crippen molar-refractivity contribution in [2.45, 2.75) is 51.0 Å². The van der Waals surface area contributed by atoms with E-state index in [0.717, 1.165) is 12.3 Å². The highest BCUT2D eigenvalue weighted by Gasteiger charge is 2.31. The van der Waals surface area contributed by atoms with Gasteiger partial charge >= 0.3 is 0 Å². The first-order chi connectivity index (χ1) is 7.22. The van der Waals surface area contributed by atoms with E-state index in [-0.39, 0.29) is 5.54 Å². The number of hydrogen-bond acceptors (Lipinski definition) is 2. The molecule has 84 valence electrons. The third kappa shape index (κ3) is 2.82. The van der Waals surface area contributed by atoms with Crippen LogP contribution in [0, 0.1) is 5.92 Å². The molecule has 1 aromatic rings. The van der Waals surface area contributed by atoms with Crippen LogP contribution in [0.5, 0.6) is 0 Å². The van der Waals surface area contributed by atoms with E-state index >= 15 is 0 Å². The standard InChI is InChI=1S/C13H21NS/c1-2-11-5-7-13(14,8-6-11)10-12-4-3-9-15-12/h3-4,9,11H,2,5-8,10,14H2,1H3. The minimum Gasteiger partial charge on any atom is -0.325 e. The molecule has 0 radical (unpaired) electrons. The van der Waals surface area contributed by atoms with Gasteiger partial charge in [0, 0.05) is 10.4 Å². The highest BCUT2D eigenvalue weighted by Crippen LogP contribution is 2.34. The molecule has 1 aliphatic rings. The number of rotatable bonds is 3. The van der Waals surface area contributed by atoms with Gasteiger partial charge in [-0.2, -0.15) is 0 Å². The summed E-state index contributed by atoms with van der Waals surface area (Å²) >= 11 is 1.84. The van der Waals surface area contributed by atoms with E-state index in [1.54, 1.807) is 0 Å². The first-order valence-electron chi connectivity index (χ1n) is 6.03. The Balaban J connectivity index is 1.92. The lowest BCUT2D eigenvalue weighted by molar-refractivity contribution is 0.229. The number of hydrogen-bond donors (Lipinski definition) is 1. The minimum absolute atomic E-state index is 0.0938. The zero-order valence-corrected chi connectivity index (χ0v) is 10.4. The van der Waals surface area contributed by atoms with Crippen molar-refractivity contribution < 1.29 is 0 Å². The smallest absolute Gasteiger partial charge is 0.0203 e. The normalized spacial score (nSPS) is 31.7. The molecule has 2 heteroatoms. The Bertz CT molecular complexity index is 283. The molecule has 0 bridgehead atoms. The Kier molecular flexibility index (Phi) is 3.47. The van der Waals surface area contributed by atoms with Gasteiger partial charge in [0.15, 0.2) is 0 Å². The predicted molar refractivity (Wildman–Crippen MR) is 67.2 cm³/mol. The topological polar surface area (TPSA) is 26.0 Å². The molecule has 1 aromatic heterocycles. The molecule has 0 spiro atoms. The summed E-state index contributed by atoms with van der Waals surface area (Å²) in [6.45, 7) is 2.30. The van der Waals surface area contributed by atoms with Gasteiger partial charge in [-0.25, -0.2) is 0 Å². The third-order valence-electron chi connectivity index (χ3n) is 3.78. The second-order valence-electron chi connectivity index (χ2n) is 4.97. The van der Waals surface area contributed by atoms with Crippen molar-refractivity contribution in [3.63, 3.8) is 0 Å². The highest BCUT2D eigenvalue weighted by atomic mass is 32.1. The van der Waals surface area contributed by atoms with Crippen molar-refractivity contribution in [2.75, 3.05) is 0 Å². The van der Waals surface area contributed by atoms with Crippen LogP contribution >= 0.6 is 11.3 Å². The molecular weight excluding hydrogens is 202 g/mol. The van der Waals surface area contributed by atoms with Crippen LogP contribution in [0.1, 0.15) is 43.9 Å². The van der Waals surface area contributed by atoms with Crippen LogP contribution in [0.3, 0.4) is 0 Å². The van der Waals surface area contributed by atoms with Crippen molar-refractivity contribution in [3.05, 3.63) is 22.4 Å². The van der Waals surface area contributed by atoms with Gasteiger partial charge in [0.1, 0.15) is 0 Å². The van der Waals surface area contributed by atoms with Crippen LogP contribution in [0.4, 0.5) is 0 Å². The van der Waals surface area contributed by atoms with E-state index in [1.165, 1.54) is 37.0 Å². The van der Waals surface area contributed by atoms with Crippen LogP contribution < -0.4 is 5.73 Å². The van der Waals surface area contributed by atoms with Gasteiger partial charge in [0.05, 0.1) is 0 Å². The average Bonchev–Trinajstić information content (AvgIpc) is 2.71. The summed E-state index contributed by atoms with van der Waals surface area (Å²) in [5.41, 5.74) is 6.57. The molecule has 0 unspecified atom stereocenters. The summed E-state index contributed by atoms with van der Waals surface area (Å²) in [5, 5.41) is 2.15. The Hall–Kier alpha value is -0.340. The molecule has 1 nitrogen and oxygen atoms in total. The van der Waals surface area contributed by atoms with Gasteiger partial charge in [0.2, 0.25) is 0 Å². The molecule has 0 saturated heterocycles. The molecule has 1 heterocycles. The van der Waals surface area contributed by atoms with Crippen LogP contribution in [-0.4, -0.2) is 5.54 Å². The SMILES string of the molecule is CCC1CCC(N)(Cc2cccs2)CC1. The molecule has 0 atom stereocenters. The minimum atomic E-state index is 0.0938. The van der Waals surface area contributed by atoms with Crippen LogP contribution in [0.15, 0.2) is 17.5 Å². The molecule has 2 rings (SSSR count). The Morgan fingerprint density at radius 1 is 1.47 bits per heavy atom. The summed E-state index contributed by atoms with van der Waals surface area (Å²) in [7, 11) is 0. The van der Waals surface area contributed by atoms with E-state index < -0.39 is 0 Å². The van der Waals surface area contributed by atoms with E-state index in [2.05, 4.69) is 24.4 Å². The summed E-state index contributed by atoms with van der Waals surface area (Å²) < 4.78 is 0. The maximum absolute atomic E-state index is 6.47. The molecule has 1 fully saturated rings. The molecule has 2 N–H and O–H groups in total. The summed E-state index contributed by atoms with van der Waals surface area (Å²) in [6.07, 6.45) is 7.50. The van der Waals surface area contributed by atoms with Gasteiger partial charge in [0.25, 0.3) is 0 Å². The van der Waals surface area contributed by atoms with Crippen molar-refractivity contribution in [1.82, 2.24) is 0 Å². The largest absolute Gasteiger partial charge is 0.325 e. The Morgan fingerprint density at radius 2 is 2.20 bits per heavy atom. The van der Waals surface area contributed by atoms with E-state index in [9.17, 15) is 0 Å². The highest BCUT2D eigenvalue weighted by molar-refractivity contribution is 7.09. The van der Waals surface area contributed by atoms with Gasteiger partial charge < -0.3 is 5.73 Å². The molecule has 1 saturated carbocycles. The quantitative estimate of drug-likeness (QED) is 0.832. The molecular formula is C13H21NS. The lowest BCUT2D eigenvalue weighted by Gasteiger charge is -2.36. The van der Waals surface area contributed by atoms with Crippen LogP contribution in [0.25, 0.3) is 0 Å². The second kappa shape index (κ2) is 4.67. The molecule has 0 aliphatic heterocycles. The van der Waals surface area contributed by atoms with Crippen molar-refractivity contribution in [2.24, 2.45) is 11.7 Å². The zero-order chi connectivity index (χ0) is 10.7. The average molecular weight is 223 g/mol. The fraction of sp³-hybridized carbons (Fsp3) is 0.692. The third-order valence-corrected chi connectivity index (χ3v) is 4.66. The molecule has 1 aliphatic carbocycles.